The smallest absolute Gasteiger partial charge is 0.122 e. The van der Waals surface area contributed by atoms with Crippen LogP contribution >= 0.6 is 0 Å². The third-order valence-corrected chi connectivity index (χ3v) is 4.90. The summed E-state index contributed by atoms with van der Waals surface area (Å²) in [6.45, 7) is 9.34. The highest BCUT2D eigenvalue weighted by Gasteiger charge is 2.19. The van der Waals surface area contributed by atoms with Gasteiger partial charge in [0.05, 0.1) is 0 Å². The lowest BCUT2D eigenvalue weighted by Crippen LogP contribution is -2.45. The van der Waals surface area contributed by atoms with Gasteiger partial charge in [0.25, 0.3) is 0 Å². The topological polar surface area (TPSA) is 46.9 Å². The summed E-state index contributed by atoms with van der Waals surface area (Å²) >= 11 is 0. The molecule has 4 nitrogen and oxygen atoms in total. The zero-order chi connectivity index (χ0) is 17.1. The molecule has 2 aromatic rings. The van der Waals surface area contributed by atoms with E-state index in [-0.39, 0.29) is 0 Å². The zero-order valence-electron chi connectivity index (χ0n) is 14.5. The quantitative estimate of drug-likeness (QED) is 0.907. The van der Waals surface area contributed by atoms with Crippen LogP contribution in [0.15, 0.2) is 36.4 Å². The number of nitrogens with zero attached hydrogens (tertiary/aromatic N) is 2. The van der Waals surface area contributed by atoms with Crippen LogP contribution in [-0.2, 0) is 13.1 Å². The third kappa shape index (κ3) is 3.71. The molecule has 1 aliphatic heterocycles. The Kier molecular flexibility index (Phi) is 5.07. The Morgan fingerprint density at radius 2 is 1.08 bits per heavy atom. The molecule has 0 aromatic heterocycles. The number of hydrogen-bond donors (Lipinski definition) is 2. The summed E-state index contributed by atoms with van der Waals surface area (Å²) < 4.78 is 0. The van der Waals surface area contributed by atoms with E-state index in [1.807, 2.05) is 50.2 Å². The standard InChI is InChI=1S/C20H26N2O2/c1-15-5-3-7-17(19(15)23)13-21-9-11-22(12-10-21)14-18-8-4-6-16(2)20(18)24/h3-8,23-24H,9-14H2,1-2H3. The third-order valence-electron chi connectivity index (χ3n) is 4.90. The van der Waals surface area contributed by atoms with Crippen molar-refractivity contribution in [1.29, 1.82) is 0 Å². The van der Waals surface area contributed by atoms with Gasteiger partial charge < -0.3 is 10.2 Å². The van der Waals surface area contributed by atoms with Crippen molar-refractivity contribution in [3.05, 3.63) is 58.7 Å². The average molecular weight is 326 g/mol. The van der Waals surface area contributed by atoms with Gasteiger partial charge in [-0.15, -0.1) is 0 Å². The second kappa shape index (κ2) is 7.24. The first-order chi connectivity index (χ1) is 11.5. The maximum atomic E-state index is 10.2. The molecule has 0 radical (unpaired) electrons. The molecule has 0 saturated carbocycles. The number of aromatic hydroxyl groups is 2. The van der Waals surface area contributed by atoms with Gasteiger partial charge in [0, 0.05) is 50.4 Å². The molecular formula is C20H26N2O2. The number of benzene rings is 2. The van der Waals surface area contributed by atoms with Crippen molar-refractivity contribution in [1.82, 2.24) is 9.80 Å². The van der Waals surface area contributed by atoms with Crippen molar-refractivity contribution in [2.45, 2.75) is 26.9 Å². The van der Waals surface area contributed by atoms with Crippen molar-refractivity contribution in [2.24, 2.45) is 0 Å². The number of rotatable bonds is 4. The van der Waals surface area contributed by atoms with E-state index in [4.69, 9.17) is 0 Å². The summed E-state index contributed by atoms with van der Waals surface area (Å²) in [5, 5.41) is 20.3. The highest BCUT2D eigenvalue weighted by atomic mass is 16.3. The van der Waals surface area contributed by atoms with E-state index in [9.17, 15) is 10.2 Å². The highest BCUT2D eigenvalue weighted by Crippen LogP contribution is 2.25. The van der Waals surface area contributed by atoms with E-state index in [1.165, 1.54) is 0 Å². The molecule has 0 aliphatic carbocycles. The molecule has 0 atom stereocenters. The number of hydrogen-bond acceptors (Lipinski definition) is 4. The van der Waals surface area contributed by atoms with Crippen LogP contribution in [0.1, 0.15) is 22.3 Å². The van der Waals surface area contributed by atoms with Gasteiger partial charge >= 0.3 is 0 Å². The molecule has 128 valence electrons. The summed E-state index contributed by atoms with van der Waals surface area (Å²) in [7, 11) is 0. The van der Waals surface area contributed by atoms with E-state index in [2.05, 4.69) is 9.80 Å². The molecule has 3 rings (SSSR count). The monoisotopic (exact) mass is 326 g/mol. The fraction of sp³-hybridized carbons (Fsp3) is 0.400. The molecule has 24 heavy (non-hydrogen) atoms. The lowest BCUT2D eigenvalue weighted by atomic mass is 10.1. The first-order valence-electron chi connectivity index (χ1n) is 8.54. The maximum absolute atomic E-state index is 10.2. The van der Waals surface area contributed by atoms with Gasteiger partial charge in [-0.1, -0.05) is 36.4 Å². The van der Waals surface area contributed by atoms with Crippen molar-refractivity contribution in [3.63, 3.8) is 0 Å². The minimum Gasteiger partial charge on any atom is -0.507 e. The van der Waals surface area contributed by atoms with Crippen LogP contribution in [0.5, 0.6) is 11.5 Å². The largest absolute Gasteiger partial charge is 0.507 e. The van der Waals surface area contributed by atoms with Crippen molar-refractivity contribution >= 4 is 0 Å². The Morgan fingerprint density at radius 1 is 0.708 bits per heavy atom. The van der Waals surface area contributed by atoms with Crippen LogP contribution in [0.4, 0.5) is 0 Å². The summed E-state index contributed by atoms with van der Waals surface area (Å²) in [5.74, 6) is 0.842. The van der Waals surface area contributed by atoms with Gasteiger partial charge in [0.2, 0.25) is 0 Å². The van der Waals surface area contributed by atoms with Crippen LogP contribution in [-0.4, -0.2) is 46.2 Å². The van der Waals surface area contributed by atoms with Gasteiger partial charge in [0.15, 0.2) is 0 Å². The minimum absolute atomic E-state index is 0.421. The van der Waals surface area contributed by atoms with Crippen LogP contribution in [0.2, 0.25) is 0 Å². The molecule has 1 aliphatic rings. The van der Waals surface area contributed by atoms with Gasteiger partial charge in [0.1, 0.15) is 11.5 Å². The number of para-hydroxylation sites is 2. The fourth-order valence-corrected chi connectivity index (χ4v) is 3.28. The predicted octanol–water partition coefficient (Wildman–Crippen LogP) is 3.03. The Balaban J connectivity index is 1.56. The lowest BCUT2D eigenvalue weighted by molar-refractivity contribution is 0.120. The van der Waals surface area contributed by atoms with Gasteiger partial charge in [-0.3, -0.25) is 9.80 Å². The fourth-order valence-electron chi connectivity index (χ4n) is 3.28. The molecule has 1 saturated heterocycles. The number of piperazine rings is 1. The molecule has 0 bridgehead atoms. The first-order valence-corrected chi connectivity index (χ1v) is 8.54. The molecule has 0 amide bonds. The molecule has 2 N–H and O–H groups in total. The normalized spacial score (nSPS) is 16.4. The molecular weight excluding hydrogens is 300 g/mol. The second-order valence-corrected chi connectivity index (χ2v) is 6.72. The Labute approximate surface area is 144 Å². The molecule has 0 spiro atoms. The summed E-state index contributed by atoms with van der Waals surface area (Å²) in [6, 6.07) is 11.9. The number of phenolic OH excluding ortho intramolecular Hbond substituents is 2. The molecule has 2 aromatic carbocycles. The van der Waals surface area contributed by atoms with Crippen LogP contribution in [0, 0.1) is 13.8 Å². The lowest BCUT2D eigenvalue weighted by Gasteiger charge is -2.35. The van der Waals surface area contributed by atoms with Crippen LogP contribution < -0.4 is 0 Å². The SMILES string of the molecule is Cc1cccc(CN2CCN(Cc3cccc(C)c3O)CC2)c1O. The number of phenols is 2. The Hall–Kier alpha value is -2.04. The highest BCUT2D eigenvalue weighted by molar-refractivity contribution is 5.40. The van der Waals surface area contributed by atoms with E-state index in [0.717, 1.165) is 61.5 Å². The maximum Gasteiger partial charge on any atom is 0.122 e. The van der Waals surface area contributed by atoms with Gasteiger partial charge in [-0.05, 0) is 25.0 Å². The van der Waals surface area contributed by atoms with E-state index >= 15 is 0 Å². The summed E-state index contributed by atoms with van der Waals surface area (Å²) in [5.41, 5.74) is 3.86. The molecule has 0 unspecified atom stereocenters. The molecule has 1 fully saturated rings. The van der Waals surface area contributed by atoms with E-state index < -0.39 is 0 Å². The van der Waals surface area contributed by atoms with E-state index in [1.54, 1.807) is 0 Å². The van der Waals surface area contributed by atoms with Crippen LogP contribution in [0.3, 0.4) is 0 Å². The second-order valence-electron chi connectivity index (χ2n) is 6.72. The Bertz CT molecular complexity index is 645. The van der Waals surface area contributed by atoms with Crippen molar-refractivity contribution in [3.8, 4) is 11.5 Å². The predicted molar refractivity (Wildman–Crippen MR) is 96.2 cm³/mol. The minimum atomic E-state index is 0.421. The van der Waals surface area contributed by atoms with Gasteiger partial charge in [-0.25, -0.2) is 0 Å². The van der Waals surface area contributed by atoms with Crippen molar-refractivity contribution in [2.75, 3.05) is 26.2 Å². The molecule has 4 heteroatoms. The number of aryl methyl sites for hydroxylation is 2. The summed E-state index contributed by atoms with van der Waals surface area (Å²) in [6.07, 6.45) is 0. The summed E-state index contributed by atoms with van der Waals surface area (Å²) in [4.78, 5) is 4.75. The first kappa shape index (κ1) is 16.8. The Morgan fingerprint density at radius 3 is 1.46 bits per heavy atom. The molecule has 1 heterocycles. The average Bonchev–Trinajstić information content (AvgIpc) is 2.58. The zero-order valence-corrected chi connectivity index (χ0v) is 14.5. The van der Waals surface area contributed by atoms with Crippen molar-refractivity contribution < 1.29 is 10.2 Å². The van der Waals surface area contributed by atoms with E-state index in [0.29, 0.717) is 11.5 Å². The van der Waals surface area contributed by atoms with Crippen LogP contribution in [0.25, 0.3) is 0 Å². The van der Waals surface area contributed by atoms with Gasteiger partial charge in [-0.2, -0.15) is 0 Å².